The predicted octanol–water partition coefficient (Wildman–Crippen LogP) is 14.1. The number of allylic oxidation sites excluding steroid dienone is 8. The van der Waals surface area contributed by atoms with Crippen molar-refractivity contribution < 1.29 is 0 Å². The Morgan fingerprint density at radius 3 is 2.12 bits per heavy atom. The Hall–Kier alpha value is -6.70. The molecule has 8 aromatic rings. The molecule has 0 bridgehead atoms. The number of para-hydroxylation sites is 2. The number of rotatable bonds is 3. The number of hydrogen-bond donors (Lipinski definition) is 0. The van der Waals surface area contributed by atoms with Crippen LogP contribution in [0.25, 0.3) is 49.7 Å². The lowest BCUT2D eigenvalue weighted by atomic mass is 9.39. The molecule has 59 heavy (non-hydrogen) atoms. The molecule has 0 aliphatic heterocycles. The van der Waals surface area contributed by atoms with E-state index in [2.05, 4.69) is 225 Å². The molecule has 6 unspecified atom stereocenters. The summed E-state index contributed by atoms with van der Waals surface area (Å²) in [5.74, 6) is 0.782. The van der Waals surface area contributed by atoms with Gasteiger partial charge < -0.3 is 4.57 Å². The molecule has 280 valence electrons. The first-order valence-corrected chi connectivity index (χ1v) is 21.3. The van der Waals surface area contributed by atoms with Crippen LogP contribution in [0.1, 0.15) is 47.6 Å². The van der Waals surface area contributed by atoms with Crippen LogP contribution in [-0.2, 0) is 10.8 Å². The minimum Gasteiger partial charge on any atom is -0.309 e. The highest BCUT2D eigenvalue weighted by molar-refractivity contribution is 6.11. The average molecular weight is 754 g/mol. The molecule has 0 saturated carbocycles. The van der Waals surface area contributed by atoms with Gasteiger partial charge in [0.1, 0.15) is 0 Å². The normalized spacial score (nSPS) is 26.6. The van der Waals surface area contributed by atoms with Gasteiger partial charge in [-0.25, -0.2) is 0 Å². The number of fused-ring (bicyclic) bond motifs is 15. The third kappa shape index (κ3) is 3.88. The van der Waals surface area contributed by atoms with Crippen LogP contribution in [0.4, 0.5) is 0 Å². The maximum absolute atomic E-state index is 2.60. The monoisotopic (exact) mass is 753 g/mol. The first-order chi connectivity index (χ1) is 29.1. The summed E-state index contributed by atoms with van der Waals surface area (Å²) < 4.78 is 2.42. The first-order valence-electron chi connectivity index (χ1n) is 21.3. The summed E-state index contributed by atoms with van der Waals surface area (Å²) in [6.07, 6.45) is 15.0. The molecule has 1 nitrogen and oxygen atoms in total. The summed E-state index contributed by atoms with van der Waals surface area (Å²) in [6.45, 7) is 5.04. The van der Waals surface area contributed by atoms with Crippen LogP contribution in [0.2, 0.25) is 0 Å². The van der Waals surface area contributed by atoms with E-state index < -0.39 is 5.41 Å². The van der Waals surface area contributed by atoms with Gasteiger partial charge in [-0.1, -0.05) is 190 Å². The molecule has 5 aliphatic carbocycles. The van der Waals surface area contributed by atoms with E-state index in [1.54, 1.807) is 5.57 Å². The molecule has 13 rings (SSSR count). The van der Waals surface area contributed by atoms with Crippen molar-refractivity contribution >= 4 is 21.8 Å². The van der Waals surface area contributed by atoms with E-state index in [1.165, 1.54) is 83.1 Å². The van der Waals surface area contributed by atoms with E-state index in [0.717, 1.165) is 0 Å². The zero-order valence-corrected chi connectivity index (χ0v) is 33.3. The van der Waals surface area contributed by atoms with Crippen LogP contribution in [0.3, 0.4) is 0 Å². The smallest absolute Gasteiger partial charge is 0.0541 e. The Bertz CT molecular complexity index is 3210. The Morgan fingerprint density at radius 2 is 1.25 bits per heavy atom. The molecule has 6 atom stereocenters. The highest BCUT2D eigenvalue weighted by Crippen LogP contribution is 2.77. The summed E-state index contributed by atoms with van der Waals surface area (Å²) in [7, 11) is 0. The fourth-order valence-corrected chi connectivity index (χ4v) is 13.3. The second-order valence-electron chi connectivity index (χ2n) is 17.7. The van der Waals surface area contributed by atoms with Crippen molar-refractivity contribution in [2.45, 2.75) is 30.6 Å². The zero-order chi connectivity index (χ0) is 39.1. The van der Waals surface area contributed by atoms with Crippen molar-refractivity contribution in [2.24, 2.45) is 17.3 Å². The average Bonchev–Trinajstić information content (AvgIpc) is 3.91. The molecule has 7 aromatic carbocycles. The lowest BCUT2D eigenvalue weighted by Gasteiger charge is -2.63. The third-order valence-corrected chi connectivity index (χ3v) is 15.3. The minimum absolute atomic E-state index is 0.132. The number of benzene rings is 7. The van der Waals surface area contributed by atoms with E-state index in [0.29, 0.717) is 5.92 Å². The van der Waals surface area contributed by atoms with Crippen LogP contribution in [0, 0.1) is 17.3 Å². The molecule has 1 spiro atoms. The fraction of sp³-hybridized carbons (Fsp3) is 0.138. The molecule has 5 aliphatic rings. The molecule has 0 amide bonds. The number of aromatic nitrogens is 1. The van der Waals surface area contributed by atoms with Crippen LogP contribution < -0.4 is 0 Å². The maximum Gasteiger partial charge on any atom is 0.0541 e. The third-order valence-electron chi connectivity index (χ3n) is 15.3. The molecule has 1 aromatic heterocycles. The summed E-state index contributed by atoms with van der Waals surface area (Å²) >= 11 is 0. The van der Waals surface area contributed by atoms with Crippen molar-refractivity contribution in [2.75, 3.05) is 0 Å². The first kappa shape index (κ1) is 33.3. The van der Waals surface area contributed by atoms with E-state index in [-0.39, 0.29) is 22.7 Å². The molecule has 1 heteroatoms. The number of nitrogens with zero attached hydrogens (tertiary/aromatic N) is 1. The lowest BCUT2D eigenvalue weighted by molar-refractivity contribution is 0.134. The maximum atomic E-state index is 2.60. The van der Waals surface area contributed by atoms with Crippen LogP contribution >= 0.6 is 0 Å². The largest absolute Gasteiger partial charge is 0.309 e. The zero-order valence-electron chi connectivity index (χ0n) is 33.3. The van der Waals surface area contributed by atoms with Gasteiger partial charge in [0.2, 0.25) is 0 Å². The minimum atomic E-state index is -0.407. The fourth-order valence-electron chi connectivity index (χ4n) is 13.3. The van der Waals surface area contributed by atoms with Crippen molar-refractivity contribution in [1.29, 1.82) is 0 Å². The van der Waals surface area contributed by atoms with Gasteiger partial charge in [0.25, 0.3) is 0 Å². The molecule has 0 saturated heterocycles. The predicted molar refractivity (Wildman–Crippen MR) is 244 cm³/mol. The molecule has 0 radical (unpaired) electrons. The summed E-state index contributed by atoms with van der Waals surface area (Å²) in [5, 5.41) is 2.55. The van der Waals surface area contributed by atoms with E-state index in [1.807, 2.05) is 0 Å². The standard InChI is InChI=1S/C58H43N/c1-37-31-33-49-55-53(37)44-24-10-13-27-47(44)58(55,39-18-5-3-6-19-39)56(2)35-16-15-30-52(56)57(49)46-26-12-9-23-43(46)54-41(25-17-28-48(54)57)38-32-34-51-45(36-38)42-22-11-14-29-50(42)59(51)40-20-7-4-8-21-40/h3-37,52-53H,1-2H3. The molecular formula is C58H43N. The van der Waals surface area contributed by atoms with Crippen molar-refractivity contribution in [3.63, 3.8) is 0 Å². The van der Waals surface area contributed by atoms with Gasteiger partial charge in [0, 0.05) is 33.7 Å². The van der Waals surface area contributed by atoms with E-state index in [9.17, 15) is 0 Å². The highest BCUT2D eigenvalue weighted by atomic mass is 15.0. The van der Waals surface area contributed by atoms with Gasteiger partial charge in [-0.05, 0) is 97.5 Å². The lowest BCUT2D eigenvalue weighted by Crippen LogP contribution is -2.60. The van der Waals surface area contributed by atoms with E-state index in [4.69, 9.17) is 0 Å². The van der Waals surface area contributed by atoms with Gasteiger partial charge in [-0.3, -0.25) is 0 Å². The second kappa shape index (κ2) is 11.7. The summed E-state index contributed by atoms with van der Waals surface area (Å²) in [4.78, 5) is 0. The molecular weight excluding hydrogens is 711 g/mol. The Balaban J connectivity index is 1.14. The molecule has 0 N–H and O–H groups in total. The Kier molecular flexibility index (Phi) is 6.60. The van der Waals surface area contributed by atoms with Crippen LogP contribution in [-0.4, -0.2) is 4.57 Å². The van der Waals surface area contributed by atoms with Gasteiger partial charge in [-0.2, -0.15) is 0 Å². The van der Waals surface area contributed by atoms with Crippen LogP contribution in [0.5, 0.6) is 0 Å². The second-order valence-corrected chi connectivity index (χ2v) is 17.7. The van der Waals surface area contributed by atoms with Crippen molar-refractivity contribution in [1.82, 2.24) is 4.57 Å². The van der Waals surface area contributed by atoms with Gasteiger partial charge in [-0.15, -0.1) is 0 Å². The summed E-state index contributed by atoms with van der Waals surface area (Å²) in [6, 6.07) is 64.4. The van der Waals surface area contributed by atoms with Gasteiger partial charge in [0.05, 0.1) is 21.9 Å². The van der Waals surface area contributed by atoms with Crippen molar-refractivity contribution in [3.05, 3.63) is 245 Å². The summed E-state index contributed by atoms with van der Waals surface area (Å²) in [5.41, 5.74) is 18.2. The molecule has 1 heterocycles. The Labute approximate surface area is 346 Å². The Morgan fingerprint density at radius 1 is 0.559 bits per heavy atom. The molecule has 0 fully saturated rings. The van der Waals surface area contributed by atoms with Gasteiger partial charge >= 0.3 is 0 Å². The number of hydrogen-bond acceptors (Lipinski definition) is 0. The van der Waals surface area contributed by atoms with E-state index >= 15 is 0 Å². The van der Waals surface area contributed by atoms with Crippen molar-refractivity contribution in [3.8, 4) is 27.9 Å². The van der Waals surface area contributed by atoms with Gasteiger partial charge in [0.15, 0.2) is 0 Å². The quantitative estimate of drug-likeness (QED) is 0.169. The highest BCUT2D eigenvalue weighted by Gasteiger charge is 2.71. The SMILES string of the molecule is CC1C=CC2=C3C1c1ccccc1C3(c1ccccc1)C1(C)C=CC=CC1C21c2ccccc2-c2c(-c3ccc4c(c3)c3ccccc3n4-c3ccccc3)cccc21. The topological polar surface area (TPSA) is 4.93 Å². The van der Waals surface area contributed by atoms with Crippen LogP contribution in [0.15, 0.2) is 217 Å².